The summed E-state index contributed by atoms with van der Waals surface area (Å²) < 4.78 is 0. The van der Waals surface area contributed by atoms with Gasteiger partial charge in [-0.15, -0.1) is 0 Å². The minimum absolute atomic E-state index is 0.126. The van der Waals surface area contributed by atoms with Crippen LogP contribution in [0, 0.1) is 5.92 Å². The molecule has 3 heteroatoms. The first-order valence-corrected chi connectivity index (χ1v) is 7.81. The van der Waals surface area contributed by atoms with Crippen LogP contribution in [0.1, 0.15) is 31.7 Å². The van der Waals surface area contributed by atoms with Gasteiger partial charge < -0.3 is 15.3 Å². The van der Waals surface area contributed by atoms with Gasteiger partial charge in [-0.2, -0.15) is 0 Å². The fourth-order valence-corrected chi connectivity index (χ4v) is 3.23. The van der Waals surface area contributed by atoms with Gasteiger partial charge in [0.25, 0.3) is 0 Å². The first kappa shape index (κ1) is 15.5. The minimum atomic E-state index is -0.347. The summed E-state index contributed by atoms with van der Waals surface area (Å²) in [6, 6.07) is 10.3. The van der Waals surface area contributed by atoms with Crippen LogP contribution in [0.2, 0.25) is 0 Å². The monoisotopic (exact) mass is 276 g/mol. The molecule has 1 unspecified atom stereocenters. The lowest BCUT2D eigenvalue weighted by molar-refractivity contribution is 0.0893. The Morgan fingerprint density at radius 1 is 1.25 bits per heavy atom. The second-order valence-corrected chi connectivity index (χ2v) is 5.98. The molecule has 2 N–H and O–H groups in total. The molecule has 20 heavy (non-hydrogen) atoms. The third kappa shape index (κ3) is 3.40. The number of likely N-dealkylation sites (N-methyl/N-ethyl adjacent to an activating group) is 1. The molecule has 0 amide bonds. The highest BCUT2D eigenvalue weighted by Crippen LogP contribution is 2.26. The highest BCUT2D eigenvalue weighted by molar-refractivity contribution is 5.25. The molecule has 1 fully saturated rings. The van der Waals surface area contributed by atoms with Crippen LogP contribution in [0.25, 0.3) is 0 Å². The third-order valence-electron chi connectivity index (χ3n) is 4.85. The predicted molar refractivity (Wildman–Crippen MR) is 83.7 cm³/mol. The second kappa shape index (κ2) is 7.21. The molecular weight excluding hydrogens is 248 g/mol. The Morgan fingerprint density at radius 3 is 2.40 bits per heavy atom. The van der Waals surface area contributed by atoms with Gasteiger partial charge in [0, 0.05) is 6.54 Å². The number of benzene rings is 1. The largest absolute Gasteiger partial charge is 0.394 e. The van der Waals surface area contributed by atoms with Crippen LogP contribution in [0.3, 0.4) is 0 Å². The van der Waals surface area contributed by atoms with Gasteiger partial charge >= 0.3 is 0 Å². The molecule has 0 bridgehead atoms. The number of hydrogen-bond donors (Lipinski definition) is 2. The van der Waals surface area contributed by atoms with Gasteiger partial charge in [0.05, 0.1) is 12.1 Å². The van der Waals surface area contributed by atoms with Crippen molar-refractivity contribution in [3.63, 3.8) is 0 Å². The average Bonchev–Trinajstić information content (AvgIpc) is 2.54. The van der Waals surface area contributed by atoms with Crippen LogP contribution < -0.4 is 5.32 Å². The zero-order chi connectivity index (χ0) is 14.4. The van der Waals surface area contributed by atoms with Crippen molar-refractivity contribution >= 4 is 0 Å². The standard InChI is InChI=1S/C17H28N2O/c1-3-15-9-11-19(12-10-15)13-17(14-20,18-2)16-7-5-4-6-8-16/h4-8,15,18,20H,3,9-14H2,1-2H3. The fraction of sp³-hybridized carbons (Fsp3) is 0.647. The summed E-state index contributed by atoms with van der Waals surface area (Å²) in [5, 5.41) is 13.3. The van der Waals surface area contributed by atoms with Gasteiger partial charge in [0.1, 0.15) is 0 Å². The number of nitrogens with zero attached hydrogens (tertiary/aromatic N) is 1. The van der Waals surface area contributed by atoms with E-state index < -0.39 is 0 Å². The van der Waals surface area contributed by atoms with Crippen molar-refractivity contribution in [2.75, 3.05) is 33.3 Å². The highest BCUT2D eigenvalue weighted by atomic mass is 16.3. The molecule has 1 saturated heterocycles. The van der Waals surface area contributed by atoms with Gasteiger partial charge in [0.15, 0.2) is 0 Å². The lowest BCUT2D eigenvalue weighted by Gasteiger charge is -2.40. The van der Waals surface area contributed by atoms with Crippen LogP contribution in [-0.2, 0) is 5.54 Å². The maximum absolute atomic E-state index is 9.97. The maximum atomic E-state index is 9.97. The summed E-state index contributed by atoms with van der Waals surface area (Å²) in [7, 11) is 1.95. The molecule has 1 aliphatic heterocycles. The Kier molecular flexibility index (Phi) is 5.58. The first-order valence-electron chi connectivity index (χ1n) is 7.81. The number of piperidine rings is 1. The molecule has 1 aromatic rings. The van der Waals surface area contributed by atoms with E-state index in [2.05, 4.69) is 29.3 Å². The van der Waals surface area contributed by atoms with E-state index in [1.807, 2.05) is 25.2 Å². The predicted octanol–water partition coefficient (Wildman–Crippen LogP) is 2.22. The van der Waals surface area contributed by atoms with E-state index in [9.17, 15) is 5.11 Å². The first-order chi connectivity index (χ1) is 9.74. The topological polar surface area (TPSA) is 35.5 Å². The summed E-state index contributed by atoms with van der Waals surface area (Å²) in [4.78, 5) is 2.49. The van der Waals surface area contributed by atoms with Crippen LogP contribution >= 0.6 is 0 Å². The molecule has 0 aromatic heterocycles. The van der Waals surface area contributed by atoms with Crippen molar-refractivity contribution in [3.05, 3.63) is 35.9 Å². The smallest absolute Gasteiger partial charge is 0.0795 e. The Morgan fingerprint density at radius 2 is 1.90 bits per heavy atom. The molecule has 1 aliphatic rings. The Hall–Kier alpha value is -0.900. The zero-order valence-electron chi connectivity index (χ0n) is 12.8. The van der Waals surface area contributed by atoms with E-state index in [0.29, 0.717) is 0 Å². The number of aliphatic hydroxyl groups excluding tert-OH is 1. The van der Waals surface area contributed by atoms with Gasteiger partial charge in [-0.25, -0.2) is 0 Å². The normalized spacial score (nSPS) is 20.8. The molecule has 1 heterocycles. The molecule has 0 spiro atoms. The average molecular weight is 276 g/mol. The molecule has 1 atom stereocenters. The number of rotatable bonds is 6. The van der Waals surface area contributed by atoms with E-state index in [1.54, 1.807) is 0 Å². The van der Waals surface area contributed by atoms with Crippen molar-refractivity contribution in [1.29, 1.82) is 0 Å². The molecule has 1 aromatic carbocycles. The third-order valence-corrected chi connectivity index (χ3v) is 4.85. The molecular formula is C17H28N2O. The van der Waals surface area contributed by atoms with E-state index in [-0.39, 0.29) is 12.1 Å². The SMILES string of the molecule is CCC1CCN(CC(CO)(NC)c2ccccc2)CC1. The number of hydrogen-bond acceptors (Lipinski definition) is 3. The molecule has 0 saturated carbocycles. The number of aliphatic hydroxyl groups is 1. The number of likely N-dealkylation sites (tertiary alicyclic amines) is 1. The summed E-state index contributed by atoms with van der Waals surface area (Å²) in [5.41, 5.74) is 0.822. The summed E-state index contributed by atoms with van der Waals surface area (Å²) in [6.07, 6.45) is 3.87. The Balaban J connectivity index is 2.06. The van der Waals surface area contributed by atoms with E-state index >= 15 is 0 Å². The quantitative estimate of drug-likeness (QED) is 0.836. The Bertz CT molecular complexity index is 381. The van der Waals surface area contributed by atoms with E-state index in [1.165, 1.54) is 24.8 Å². The molecule has 2 rings (SSSR count). The van der Waals surface area contributed by atoms with Crippen molar-refractivity contribution in [2.45, 2.75) is 31.7 Å². The van der Waals surface area contributed by atoms with Crippen molar-refractivity contribution in [1.82, 2.24) is 10.2 Å². The van der Waals surface area contributed by atoms with Gasteiger partial charge in [-0.3, -0.25) is 0 Å². The van der Waals surface area contributed by atoms with Crippen LogP contribution in [0.5, 0.6) is 0 Å². The minimum Gasteiger partial charge on any atom is -0.394 e. The van der Waals surface area contributed by atoms with Crippen LogP contribution in [0.15, 0.2) is 30.3 Å². The van der Waals surface area contributed by atoms with Crippen molar-refractivity contribution < 1.29 is 5.11 Å². The molecule has 0 radical (unpaired) electrons. The maximum Gasteiger partial charge on any atom is 0.0795 e. The summed E-state index contributed by atoms with van der Waals surface area (Å²) in [6.45, 7) is 5.58. The van der Waals surface area contributed by atoms with Gasteiger partial charge in [0.2, 0.25) is 0 Å². The fourth-order valence-electron chi connectivity index (χ4n) is 3.23. The molecule has 3 nitrogen and oxygen atoms in total. The molecule has 112 valence electrons. The van der Waals surface area contributed by atoms with E-state index in [0.717, 1.165) is 25.6 Å². The van der Waals surface area contributed by atoms with Gasteiger partial charge in [-0.05, 0) is 44.5 Å². The summed E-state index contributed by atoms with van der Waals surface area (Å²) in [5.74, 6) is 0.890. The Labute approximate surface area is 123 Å². The van der Waals surface area contributed by atoms with Gasteiger partial charge in [-0.1, -0.05) is 43.7 Å². The lowest BCUT2D eigenvalue weighted by atomic mass is 9.88. The molecule has 0 aliphatic carbocycles. The second-order valence-electron chi connectivity index (χ2n) is 5.98. The van der Waals surface area contributed by atoms with Crippen LogP contribution in [0.4, 0.5) is 0 Å². The number of nitrogens with one attached hydrogen (secondary N) is 1. The zero-order valence-corrected chi connectivity index (χ0v) is 12.8. The van der Waals surface area contributed by atoms with E-state index in [4.69, 9.17) is 0 Å². The van der Waals surface area contributed by atoms with Crippen molar-refractivity contribution in [3.8, 4) is 0 Å². The lowest BCUT2D eigenvalue weighted by Crippen LogP contribution is -2.53. The highest BCUT2D eigenvalue weighted by Gasteiger charge is 2.33. The van der Waals surface area contributed by atoms with Crippen molar-refractivity contribution in [2.24, 2.45) is 5.92 Å². The van der Waals surface area contributed by atoms with Crippen LogP contribution in [-0.4, -0.2) is 43.3 Å². The summed E-state index contributed by atoms with van der Waals surface area (Å²) >= 11 is 0.